The fraction of sp³-hybridized carbons (Fsp3) is 0.571. The molecule has 0 bridgehead atoms. The summed E-state index contributed by atoms with van der Waals surface area (Å²) in [5.41, 5.74) is 1.20. The van der Waals surface area contributed by atoms with Gasteiger partial charge in [-0.2, -0.15) is 0 Å². The first-order chi connectivity index (χ1) is 8.31. The quantitative estimate of drug-likeness (QED) is 0.730. The van der Waals surface area contributed by atoms with Crippen molar-refractivity contribution in [2.24, 2.45) is 0 Å². The SMILES string of the molecule is CCCNC(CCO)c1ccc(OCC)cc1. The summed E-state index contributed by atoms with van der Waals surface area (Å²) >= 11 is 0. The Morgan fingerprint density at radius 3 is 2.47 bits per heavy atom. The van der Waals surface area contributed by atoms with Gasteiger partial charge < -0.3 is 15.2 Å². The Balaban J connectivity index is 2.65. The van der Waals surface area contributed by atoms with Crippen LogP contribution in [-0.4, -0.2) is 24.9 Å². The van der Waals surface area contributed by atoms with Crippen molar-refractivity contribution in [2.45, 2.75) is 32.7 Å². The number of ether oxygens (including phenoxy) is 1. The van der Waals surface area contributed by atoms with Crippen molar-refractivity contribution in [3.8, 4) is 5.75 Å². The van der Waals surface area contributed by atoms with Crippen LogP contribution in [0.4, 0.5) is 0 Å². The highest BCUT2D eigenvalue weighted by molar-refractivity contribution is 5.29. The van der Waals surface area contributed by atoms with E-state index in [0.29, 0.717) is 6.61 Å². The summed E-state index contributed by atoms with van der Waals surface area (Å²) in [6.45, 7) is 5.98. The molecule has 0 aliphatic carbocycles. The van der Waals surface area contributed by atoms with Crippen LogP contribution in [0.1, 0.15) is 38.3 Å². The molecule has 0 amide bonds. The average Bonchev–Trinajstić information content (AvgIpc) is 2.36. The maximum Gasteiger partial charge on any atom is 0.119 e. The van der Waals surface area contributed by atoms with E-state index in [1.807, 2.05) is 19.1 Å². The van der Waals surface area contributed by atoms with Crippen LogP contribution >= 0.6 is 0 Å². The van der Waals surface area contributed by atoms with Gasteiger partial charge in [0.05, 0.1) is 6.61 Å². The lowest BCUT2D eigenvalue weighted by atomic mass is 10.0. The summed E-state index contributed by atoms with van der Waals surface area (Å²) in [6.07, 6.45) is 1.84. The molecule has 0 radical (unpaired) electrons. The Morgan fingerprint density at radius 1 is 1.24 bits per heavy atom. The first-order valence-corrected chi connectivity index (χ1v) is 6.38. The highest BCUT2D eigenvalue weighted by Crippen LogP contribution is 2.20. The highest BCUT2D eigenvalue weighted by Gasteiger charge is 2.09. The van der Waals surface area contributed by atoms with Gasteiger partial charge in [-0.3, -0.25) is 0 Å². The molecular weight excluding hydrogens is 214 g/mol. The second kappa shape index (κ2) is 8.09. The maximum absolute atomic E-state index is 9.07. The minimum Gasteiger partial charge on any atom is -0.494 e. The molecule has 0 aromatic heterocycles. The van der Waals surface area contributed by atoms with E-state index >= 15 is 0 Å². The zero-order chi connectivity index (χ0) is 12.5. The van der Waals surface area contributed by atoms with Crippen LogP contribution in [0.3, 0.4) is 0 Å². The summed E-state index contributed by atoms with van der Waals surface area (Å²) in [6, 6.07) is 8.32. The van der Waals surface area contributed by atoms with Crippen LogP contribution in [0.15, 0.2) is 24.3 Å². The van der Waals surface area contributed by atoms with E-state index < -0.39 is 0 Å². The third-order valence-electron chi connectivity index (χ3n) is 2.65. The molecule has 1 rings (SSSR count). The third kappa shape index (κ3) is 4.75. The lowest BCUT2D eigenvalue weighted by Gasteiger charge is -2.18. The second-order valence-corrected chi connectivity index (χ2v) is 4.02. The van der Waals surface area contributed by atoms with Gasteiger partial charge in [0.25, 0.3) is 0 Å². The van der Waals surface area contributed by atoms with Gasteiger partial charge in [-0.25, -0.2) is 0 Å². The highest BCUT2D eigenvalue weighted by atomic mass is 16.5. The molecule has 0 fully saturated rings. The topological polar surface area (TPSA) is 41.5 Å². The molecule has 0 heterocycles. The minimum absolute atomic E-state index is 0.203. The van der Waals surface area contributed by atoms with Crippen molar-refractivity contribution in [2.75, 3.05) is 19.8 Å². The standard InChI is InChI=1S/C14H23NO2/c1-3-10-15-14(9-11-16)12-5-7-13(8-6-12)17-4-2/h5-8,14-16H,3-4,9-11H2,1-2H3. The van der Waals surface area contributed by atoms with E-state index in [2.05, 4.69) is 24.4 Å². The summed E-state index contributed by atoms with van der Waals surface area (Å²) in [5, 5.41) is 12.5. The summed E-state index contributed by atoms with van der Waals surface area (Å²) in [5.74, 6) is 0.898. The van der Waals surface area contributed by atoms with Crippen LogP contribution in [0.5, 0.6) is 5.75 Å². The van der Waals surface area contributed by atoms with Crippen LogP contribution in [0, 0.1) is 0 Å². The molecular formula is C14H23NO2. The molecule has 0 aliphatic heterocycles. The number of hydrogen-bond donors (Lipinski definition) is 2. The van der Waals surface area contributed by atoms with Gasteiger partial charge in [-0.15, -0.1) is 0 Å². The zero-order valence-corrected chi connectivity index (χ0v) is 10.8. The molecule has 3 heteroatoms. The molecule has 0 saturated heterocycles. The van der Waals surface area contributed by atoms with Gasteiger partial charge in [-0.05, 0) is 44.0 Å². The number of aliphatic hydroxyl groups is 1. The van der Waals surface area contributed by atoms with Crippen molar-refractivity contribution in [1.29, 1.82) is 0 Å². The van der Waals surface area contributed by atoms with E-state index in [-0.39, 0.29) is 12.6 Å². The average molecular weight is 237 g/mol. The van der Waals surface area contributed by atoms with Crippen LogP contribution in [-0.2, 0) is 0 Å². The van der Waals surface area contributed by atoms with E-state index in [0.717, 1.165) is 25.1 Å². The van der Waals surface area contributed by atoms with Crippen molar-refractivity contribution in [3.05, 3.63) is 29.8 Å². The fourth-order valence-corrected chi connectivity index (χ4v) is 1.80. The Labute approximate surface area is 104 Å². The molecule has 0 aliphatic rings. The summed E-state index contributed by atoms with van der Waals surface area (Å²) in [7, 11) is 0. The molecule has 1 aromatic rings. The van der Waals surface area contributed by atoms with Gasteiger partial charge in [0.15, 0.2) is 0 Å². The van der Waals surface area contributed by atoms with E-state index in [9.17, 15) is 0 Å². The molecule has 17 heavy (non-hydrogen) atoms. The first kappa shape index (κ1) is 14.0. The number of hydrogen-bond acceptors (Lipinski definition) is 3. The zero-order valence-electron chi connectivity index (χ0n) is 10.8. The van der Waals surface area contributed by atoms with Crippen molar-refractivity contribution < 1.29 is 9.84 Å². The third-order valence-corrected chi connectivity index (χ3v) is 2.65. The second-order valence-electron chi connectivity index (χ2n) is 4.02. The molecule has 1 aromatic carbocycles. The minimum atomic E-state index is 0.203. The largest absolute Gasteiger partial charge is 0.494 e. The molecule has 0 saturated carbocycles. The van der Waals surface area contributed by atoms with Gasteiger partial charge in [0.1, 0.15) is 5.75 Å². The molecule has 1 atom stereocenters. The van der Waals surface area contributed by atoms with Gasteiger partial charge in [-0.1, -0.05) is 19.1 Å². The summed E-state index contributed by atoms with van der Waals surface area (Å²) in [4.78, 5) is 0. The monoisotopic (exact) mass is 237 g/mol. The smallest absolute Gasteiger partial charge is 0.119 e. The fourth-order valence-electron chi connectivity index (χ4n) is 1.80. The Morgan fingerprint density at radius 2 is 1.94 bits per heavy atom. The van der Waals surface area contributed by atoms with Crippen molar-refractivity contribution >= 4 is 0 Å². The predicted octanol–water partition coefficient (Wildman–Crippen LogP) is 2.51. The van der Waals surface area contributed by atoms with E-state index in [1.54, 1.807) is 0 Å². The van der Waals surface area contributed by atoms with Gasteiger partial charge in [0.2, 0.25) is 0 Å². The first-order valence-electron chi connectivity index (χ1n) is 6.38. The van der Waals surface area contributed by atoms with Gasteiger partial charge in [0, 0.05) is 12.6 Å². The number of rotatable bonds is 8. The lowest BCUT2D eigenvalue weighted by molar-refractivity contribution is 0.265. The molecule has 0 spiro atoms. The Bertz CT molecular complexity index is 298. The van der Waals surface area contributed by atoms with E-state index in [4.69, 9.17) is 9.84 Å². The molecule has 96 valence electrons. The van der Waals surface area contributed by atoms with Gasteiger partial charge >= 0.3 is 0 Å². The predicted molar refractivity (Wildman–Crippen MR) is 70.3 cm³/mol. The maximum atomic E-state index is 9.07. The summed E-state index contributed by atoms with van der Waals surface area (Å²) < 4.78 is 5.41. The molecule has 1 unspecified atom stereocenters. The Kier molecular flexibility index (Phi) is 6.67. The van der Waals surface area contributed by atoms with Crippen LogP contribution < -0.4 is 10.1 Å². The van der Waals surface area contributed by atoms with Crippen LogP contribution in [0.25, 0.3) is 0 Å². The van der Waals surface area contributed by atoms with Crippen LogP contribution in [0.2, 0.25) is 0 Å². The normalized spacial score (nSPS) is 12.4. The number of aliphatic hydroxyl groups excluding tert-OH is 1. The van der Waals surface area contributed by atoms with Crippen molar-refractivity contribution in [3.63, 3.8) is 0 Å². The molecule has 2 N–H and O–H groups in total. The lowest BCUT2D eigenvalue weighted by Crippen LogP contribution is -2.23. The van der Waals surface area contributed by atoms with E-state index in [1.165, 1.54) is 5.56 Å². The van der Waals surface area contributed by atoms with Crippen molar-refractivity contribution in [1.82, 2.24) is 5.32 Å². The number of nitrogens with one attached hydrogen (secondary N) is 1. The Hall–Kier alpha value is -1.06. The number of benzene rings is 1. The molecule has 3 nitrogen and oxygen atoms in total.